The largest absolute Gasteiger partial charge is 0.398 e. The zero-order valence-corrected chi connectivity index (χ0v) is 12.6. The van der Waals surface area contributed by atoms with Crippen LogP contribution in [0.15, 0.2) is 23.1 Å². The summed E-state index contributed by atoms with van der Waals surface area (Å²) >= 11 is 0. The van der Waals surface area contributed by atoms with E-state index in [4.69, 9.17) is 5.73 Å². The van der Waals surface area contributed by atoms with Crippen LogP contribution in [-0.4, -0.2) is 40.4 Å². The van der Waals surface area contributed by atoms with Crippen LogP contribution in [0.3, 0.4) is 0 Å². The highest BCUT2D eigenvalue weighted by atomic mass is 16.2. The van der Waals surface area contributed by atoms with Crippen LogP contribution in [-0.2, 0) is 16.1 Å². The van der Waals surface area contributed by atoms with Crippen molar-refractivity contribution in [2.24, 2.45) is 0 Å². The minimum absolute atomic E-state index is 0.0165. The lowest BCUT2D eigenvalue weighted by Crippen LogP contribution is -2.44. The predicted molar refractivity (Wildman–Crippen MR) is 80.6 cm³/mol. The highest BCUT2D eigenvalue weighted by molar-refractivity contribution is 5.84. The number of nitrogens with zero attached hydrogens (tertiary/aromatic N) is 2. The number of nitrogens with two attached hydrogens (primary N) is 1. The van der Waals surface area contributed by atoms with E-state index in [9.17, 15) is 14.4 Å². The van der Waals surface area contributed by atoms with Crippen molar-refractivity contribution >= 4 is 17.5 Å². The maximum Gasteiger partial charge on any atom is 0.251 e. The number of amides is 2. The standard InChI is InChI=1S/C14H22N4O3/c1-4-17(8-12(19)16-10(2)3)14(21)9-18-7-11(15)5-6-13(18)20/h5-7,10H,4,8-9,15H2,1-3H3,(H,16,19). The Bertz CT molecular complexity index is 566. The normalized spacial score (nSPS) is 10.5. The van der Waals surface area contributed by atoms with Gasteiger partial charge in [-0.1, -0.05) is 0 Å². The van der Waals surface area contributed by atoms with E-state index in [1.54, 1.807) is 6.92 Å². The van der Waals surface area contributed by atoms with Crippen molar-refractivity contribution < 1.29 is 9.59 Å². The molecular weight excluding hydrogens is 272 g/mol. The number of carbonyl (C=O) groups excluding carboxylic acids is 2. The molecule has 7 nitrogen and oxygen atoms in total. The molecule has 1 aromatic heterocycles. The van der Waals surface area contributed by atoms with Crippen molar-refractivity contribution in [1.29, 1.82) is 0 Å². The average Bonchev–Trinajstić information content (AvgIpc) is 2.39. The predicted octanol–water partition coefficient (Wildman–Crippen LogP) is -0.196. The third-order valence-electron chi connectivity index (χ3n) is 2.83. The Kier molecular flexibility index (Phi) is 5.95. The number of rotatable bonds is 6. The van der Waals surface area contributed by atoms with E-state index >= 15 is 0 Å². The molecule has 1 aromatic rings. The number of nitrogen functional groups attached to an aromatic ring is 1. The summed E-state index contributed by atoms with van der Waals surface area (Å²) in [6.07, 6.45) is 1.42. The van der Waals surface area contributed by atoms with E-state index in [1.165, 1.54) is 27.8 Å². The van der Waals surface area contributed by atoms with Crippen LogP contribution in [0.1, 0.15) is 20.8 Å². The minimum atomic E-state index is -0.305. The first-order valence-corrected chi connectivity index (χ1v) is 6.86. The van der Waals surface area contributed by atoms with Crippen LogP contribution in [0.5, 0.6) is 0 Å². The molecule has 0 atom stereocenters. The molecule has 0 fully saturated rings. The number of hydrogen-bond acceptors (Lipinski definition) is 4. The zero-order valence-electron chi connectivity index (χ0n) is 12.6. The van der Waals surface area contributed by atoms with Gasteiger partial charge in [0.25, 0.3) is 5.56 Å². The van der Waals surface area contributed by atoms with Crippen LogP contribution in [0.2, 0.25) is 0 Å². The van der Waals surface area contributed by atoms with E-state index < -0.39 is 0 Å². The summed E-state index contributed by atoms with van der Waals surface area (Å²) in [7, 11) is 0. The van der Waals surface area contributed by atoms with Gasteiger partial charge in [-0.3, -0.25) is 14.4 Å². The first kappa shape index (κ1) is 16.7. The molecule has 3 N–H and O–H groups in total. The Labute approximate surface area is 123 Å². The summed E-state index contributed by atoms with van der Waals surface area (Å²) in [4.78, 5) is 36.9. The van der Waals surface area contributed by atoms with Gasteiger partial charge in [0, 0.05) is 30.5 Å². The molecule has 0 radical (unpaired) electrons. The van der Waals surface area contributed by atoms with Crippen molar-refractivity contribution in [3.63, 3.8) is 0 Å². The molecule has 2 amide bonds. The number of carbonyl (C=O) groups is 2. The topological polar surface area (TPSA) is 97.4 Å². The van der Waals surface area contributed by atoms with Gasteiger partial charge in [-0.25, -0.2) is 0 Å². The molecule has 0 aromatic carbocycles. The highest BCUT2D eigenvalue weighted by Crippen LogP contribution is 1.98. The Morgan fingerprint density at radius 2 is 2.05 bits per heavy atom. The van der Waals surface area contributed by atoms with Gasteiger partial charge < -0.3 is 20.5 Å². The second-order valence-corrected chi connectivity index (χ2v) is 5.06. The summed E-state index contributed by atoms with van der Waals surface area (Å²) in [6.45, 7) is 5.71. The molecule has 0 saturated carbocycles. The van der Waals surface area contributed by atoms with E-state index in [-0.39, 0.29) is 36.5 Å². The van der Waals surface area contributed by atoms with Gasteiger partial charge in [0.05, 0.1) is 6.54 Å². The Balaban J connectivity index is 2.73. The molecule has 1 heterocycles. The van der Waals surface area contributed by atoms with E-state index in [0.717, 1.165) is 0 Å². The first-order chi connectivity index (χ1) is 9.83. The van der Waals surface area contributed by atoms with Gasteiger partial charge in [-0.15, -0.1) is 0 Å². The summed E-state index contributed by atoms with van der Waals surface area (Å²) in [6, 6.07) is 2.81. The minimum Gasteiger partial charge on any atom is -0.398 e. The Hall–Kier alpha value is -2.31. The second-order valence-electron chi connectivity index (χ2n) is 5.06. The van der Waals surface area contributed by atoms with Crippen LogP contribution in [0, 0.1) is 0 Å². The zero-order chi connectivity index (χ0) is 16.0. The lowest BCUT2D eigenvalue weighted by Gasteiger charge is -2.21. The summed E-state index contributed by atoms with van der Waals surface area (Å²) in [5.41, 5.74) is 5.70. The SMILES string of the molecule is CCN(CC(=O)NC(C)C)C(=O)Cn1cc(N)ccc1=O. The smallest absolute Gasteiger partial charge is 0.251 e. The molecule has 7 heteroatoms. The van der Waals surface area contributed by atoms with E-state index in [0.29, 0.717) is 12.2 Å². The molecule has 21 heavy (non-hydrogen) atoms. The summed E-state index contributed by atoms with van der Waals surface area (Å²) in [5.74, 6) is -0.524. The number of likely N-dealkylation sites (N-methyl/N-ethyl adjacent to an activating group) is 1. The van der Waals surface area contributed by atoms with Crippen molar-refractivity contribution in [2.45, 2.75) is 33.4 Å². The number of hydrogen-bond donors (Lipinski definition) is 2. The average molecular weight is 294 g/mol. The van der Waals surface area contributed by atoms with Gasteiger partial charge in [0.1, 0.15) is 6.54 Å². The third kappa shape index (κ3) is 5.29. The second kappa shape index (κ2) is 7.47. The van der Waals surface area contributed by atoms with Gasteiger partial charge in [0.15, 0.2) is 0 Å². The quantitative estimate of drug-likeness (QED) is 0.759. The Morgan fingerprint density at radius 1 is 1.38 bits per heavy atom. The number of pyridine rings is 1. The molecular formula is C14H22N4O3. The fraction of sp³-hybridized carbons (Fsp3) is 0.500. The van der Waals surface area contributed by atoms with E-state index in [1.807, 2.05) is 13.8 Å². The molecule has 0 aliphatic rings. The number of nitrogens with one attached hydrogen (secondary N) is 1. The lowest BCUT2D eigenvalue weighted by atomic mass is 10.3. The number of anilines is 1. The van der Waals surface area contributed by atoms with Crippen molar-refractivity contribution in [3.05, 3.63) is 28.7 Å². The van der Waals surface area contributed by atoms with Crippen molar-refractivity contribution in [3.8, 4) is 0 Å². The monoisotopic (exact) mass is 294 g/mol. The van der Waals surface area contributed by atoms with Gasteiger partial charge >= 0.3 is 0 Å². The van der Waals surface area contributed by atoms with Crippen LogP contribution >= 0.6 is 0 Å². The summed E-state index contributed by atoms with van der Waals surface area (Å²) < 4.78 is 1.24. The molecule has 0 bridgehead atoms. The van der Waals surface area contributed by atoms with Gasteiger partial charge in [0.2, 0.25) is 11.8 Å². The van der Waals surface area contributed by atoms with Crippen molar-refractivity contribution in [2.75, 3.05) is 18.8 Å². The van der Waals surface area contributed by atoms with Crippen LogP contribution in [0.25, 0.3) is 0 Å². The number of aromatic nitrogens is 1. The molecule has 0 unspecified atom stereocenters. The van der Waals surface area contributed by atoms with Gasteiger partial charge in [-0.2, -0.15) is 0 Å². The molecule has 0 saturated heterocycles. The molecule has 116 valence electrons. The van der Waals surface area contributed by atoms with Gasteiger partial charge in [-0.05, 0) is 26.8 Å². The molecule has 0 aliphatic carbocycles. The molecule has 0 spiro atoms. The lowest BCUT2D eigenvalue weighted by molar-refractivity contribution is -0.136. The highest BCUT2D eigenvalue weighted by Gasteiger charge is 2.16. The fourth-order valence-corrected chi connectivity index (χ4v) is 1.84. The van der Waals surface area contributed by atoms with E-state index in [2.05, 4.69) is 5.32 Å². The fourth-order valence-electron chi connectivity index (χ4n) is 1.84. The molecule has 0 aliphatic heterocycles. The first-order valence-electron chi connectivity index (χ1n) is 6.86. The van der Waals surface area contributed by atoms with Crippen LogP contribution < -0.4 is 16.6 Å². The Morgan fingerprint density at radius 3 is 2.62 bits per heavy atom. The summed E-state index contributed by atoms with van der Waals surface area (Å²) in [5, 5.41) is 2.73. The third-order valence-corrected chi connectivity index (χ3v) is 2.83. The maximum atomic E-state index is 12.2. The molecule has 1 rings (SSSR count). The van der Waals surface area contributed by atoms with Crippen molar-refractivity contribution in [1.82, 2.24) is 14.8 Å². The van der Waals surface area contributed by atoms with Crippen LogP contribution in [0.4, 0.5) is 5.69 Å². The maximum absolute atomic E-state index is 12.2.